The van der Waals surface area contributed by atoms with Crippen LogP contribution >= 0.6 is 8.60 Å². The van der Waals surface area contributed by atoms with Gasteiger partial charge in [-0.05, 0) is 44.1 Å². The van der Waals surface area contributed by atoms with Crippen molar-refractivity contribution in [2.45, 2.75) is 38.7 Å². The zero-order chi connectivity index (χ0) is 31.3. The molecule has 1 N–H and O–H groups in total. The summed E-state index contributed by atoms with van der Waals surface area (Å²) in [6.07, 6.45) is 1.39. The number of ether oxygens (including phenoxy) is 2. The molecule has 226 valence electrons. The summed E-state index contributed by atoms with van der Waals surface area (Å²) < 4.78 is 30.9. The lowest BCUT2D eigenvalue weighted by atomic mass is 10.1. The monoisotopic (exact) mass is 616 g/mol. The highest BCUT2D eigenvalue weighted by atomic mass is 31.2. The topological polar surface area (TPSA) is 160 Å². The fraction of sp³-hybridized carbons (Fsp3) is 0.310. The van der Waals surface area contributed by atoms with Crippen molar-refractivity contribution < 1.29 is 32.6 Å². The van der Waals surface area contributed by atoms with E-state index in [1.807, 2.05) is 26.0 Å². The first-order chi connectivity index (χ1) is 21.5. The van der Waals surface area contributed by atoms with Crippen LogP contribution in [0.25, 0.3) is 11.2 Å². The van der Waals surface area contributed by atoms with Crippen molar-refractivity contribution in [3.8, 4) is 5.97 Å². The van der Waals surface area contributed by atoms with E-state index >= 15 is 0 Å². The summed E-state index contributed by atoms with van der Waals surface area (Å²) in [7, 11) is 2.57. The lowest BCUT2D eigenvalue weighted by Gasteiger charge is -2.21. The number of anilines is 1. The molecule has 3 atom stereocenters. The van der Waals surface area contributed by atoms with Crippen molar-refractivity contribution >= 4 is 45.3 Å². The summed E-state index contributed by atoms with van der Waals surface area (Å²) in [6.45, 7) is 4.64. The molecule has 2 aromatic carbocycles. The number of imidazole rings is 1. The van der Waals surface area contributed by atoms with Gasteiger partial charge in [0.25, 0.3) is 5.91 Å². The number of fused-ring (bicyclic) bond motifs is 1. The normalized spacial score (nSPS) is 17.5. The highest BCUT2D eigenvalue weighted by Crippen LogP contribution is 2.41. The first kappa shape index (κ1) is 32.7. The Balaban J connectivity index is 0.00000141. The number of benzene rings is 2. The third-order valence-electron chi connectivity index (χ3n) is 6.20. The Kier molecular flexibility index (Phi) is 12.3. The number of nitrogens with zero attached hydrogens (tertiary/aromatic N) is 5. The number of nitrogens with one attached hydrogen (secondary N) is 1. The molecule has 5 rings (SSSR count). The molecule has 13 nitrogen and oxygen atoms in total. The Morgan fingerprint density at radius 1 is 1.02 bits per heavy atom. The molecule has 1 fully saturated rings. The lowest BCUT2D eigenvalue weighted by molar-refractivity contribution is -0.0484. The molecule has 0 unspecified atom stereocenters. The molecule has 4 aromatic rings. The maximum atomic E-state index is 12.9. The van der Waals surface area contributed by atoms with Gasteiger partial charge in [-0.15, -0.1) is 0 Å². The highest BCUT2D eigenvalue weighted by Gasteiger charge is 2.40. The standard InChI is InChI=1S/C28H30N5O7P.CBN/c1-3-36-41(37-4-2)38-16-22-21(40-28(35)20-13-9-6-10-14-20)15-23(39-22)33-18-31-24-25(29-17-30-26(24)33)32-27(34)19-11-7-5-8-12-19;2-1-3/h5-14,17-18,21-23H,3-4,15-16H2,1-2H3,(H,29,30,32,34);/t21-,22+,23+;/m0./s1. The highest BCUT2D eigenvalue weighted by molar-refractivity contribution is 7.41. The van der Waals surface area contributed by atoms with Crippen LogP contribution in [0.15, 0.2) is 73.3 Å². The van der Waals surface area contributed by atoms with E-state index in [-0.39, 0.29) is 18.3 Å². The van der Waals surface area contributed by atoms with Gasteiger partial charge in [-0.25, -0.2) is 25.0 Å². The van der Waals surface area contributed by atoms with Gasteiger partial charge in [0.1, 0.15) is 24.8 Å². The summed E-state index contributed by atoms with van der Waals surface area (Å²) >= 11 is 0. The van der Waals surface area contributed by atoms with Crippen molar-refractivity contribution in [3.05, 3.63) is 84.4 Å². The molecule has 1 aliphatic heterocycles. The van der Waals surface area contributed by atoms with Crippen molar-refractivity contribution in [3.63, 3.8) is 0 Å². The van der Waals surface area contributed by atoms with Crippen LogP contribution < -0.4 is 5.32 Å². The zero-order valence-electron chi connectivity index (χ0n) is 24.1. The predicted molar refractivity (Wildman–Crippen MR) is 161 cm³/mol. The quantitative estimate of drug-likeness (QED) is 0.135. The van der Waals surface area contributed by atoms with Crippen molar-refractivity contribution in [1.29, 1.82) is 5.26 Å². The van der Waals surface area contributed by atoms with E-state index in [1.54, 1.807) is 59.4 Å². The van der Waals surface area contributed by atoms with Gasteiger partial charge < -0.3 is 28.4 Å². The molecule has 1 aliphatic rings. The molecule has 0 spiro atoms. The Hall–Kier alpha value is -4.25. The van der Waals surface area contributed by atoms with E-state index in [1.165, 1.54) is 12.3 Å². The fourth-order valence-electron chi connectivity index (χ4n) is 4.31. The van der Waals surface area contributed by atoms with Gasteiger partial charge in [0.15, 0.2) is 17.0 Å². The second-order valence-corrected chi connectivity index (χ2v) is 10.2. The third-order valence-corrected chi connectivity index (χ3v) is 7.50. The van der Waals surface area contributed by atoms with E-state index in [9.17, 15) is 9.59 Å². The van der Waals surface area contributed by atoms with E-state index < -0.39 is 33.0 Å². The van der Waals surface area contributed by atoms with Crippen LogP contribution in [0, 0.1) is 11.2 Å². The van der Waals surface area contributed by atoms with E-state index in [0.29, 0.717) is 41.9 Å². The molecule has 2 radical (unpaired) electrons. The Morgan fingerprint density at radius 3 is 2.30 bits per heavy atom. The number of carbonyl (C=O) groups is 2. The van der Waals surface area contributed by atoms with Gasteiger partial charge in [-0.1, -0.05) is 36.4 Å². The molecular weight excluding hydrogens is 586 g/mol. The van der Waals surface area contributed by atoms with Crippen LogP contribution in [0.1, 0.15) is 47.2 Å². The van der Waals surface area contributed by atoms with Gasteiger partial charge in [-0.2, -0.15) is 0 Å². The van der Waals surface area contributed by atoms with E-state index in [0.717, 1.165) is 0 Å². The number of esters is 1. The van der Waals surface area contributed by atoms with Gasteiger partial charge in [0.2, 0.25) is 7.85 Å². The number of amides is 1. The predicted octanol–water partition coefficient (Wildman–Crippen LogP) is 4.54. The van der Waals surface area contributed by atoms with Crippen LogP contribution in [0.5, 0.6) is 0 Å². The lowest BCUT2D eigenvalue weighted by Crippen LogP contribution is -2.31. The summed E-state index contributed by atoms with van der Waals surface area (Å²) in [5, 5.41) is 9.90. The summed E-state index contributed by atoms with van der Waals surface area (Å²) in [5.41, 5.74) is 1.77. The first-order valence-electron chi connectivity index (χ1n) is 13.7. The van der Waals surface area contributed by atoms with Crippen molar-refractivity contribution in [2.24, 2.45) is 0 Å². The van der Waals surface area contributed by atoms with Crippen LogP contribution in [0.2, 0.25) is 0 Å². The average molecular weight is 616 g/mol. The maximum Gasteiger partial charge on any atom is 0.338 e. The SMILES string of the molecule is CCOP(OCC)OC[C@H]1O[C@@H](n2cnc3c(NC(=O)c4ccccc4)ncnc32)C[C@@H]1OC(=O)c1ccccc1.[B]C#N. The number of aromatic nitrogens is 4. The minimum Gasteiger partial charge on any atom is -0.456 e. The van der Waals surface area contributed by atoms with Crippen LogP contribution in [0.4, 0.5) is 5.82 Å². The van der Waals surface area contributed by atoms with Gasteiger partial charge in [0.05, 0.1) is 31.7 Å². The largest absolute Gasteiger partial charge is 0.456 e. The number of hydrogen-bond donors (Lipinski definition) is 1. The van der Waals surface area contributed by atoms with E-state index in [4.69, 9.17) is 28.3 Å². The smallest absolute Gasteiger partial charge is 0.338 e. The number of rotatable bonds is 12. The fourth-order valence-corrected chi connectivity index (χ4v) is 5.22. The average Bonchev–Trinajstić information content (AvgIpc) is 3.66. The van der Waals surface area contributed by atoms with Crippen molar-refractivity contribution in [2.75, 3.05) is 25.1 Å². The maximum absolute atomic E-state index is 12.9. The molecule has 0 aliphatic carbocycles. The molecule has 44 heavy (non-hydrogen) atoms. The van der Waals surface area contributed by atoms with Gasteiger partial charge in [-0.3, -0.25) is 9.36 Å². The van der Waals surface area contributed by atoms with Crippen LogP contribution in [0.3, 0.4) is 0 Å². The number of carbonyl (C=O) groups excluding carboxylic acids is 2. The molecule has 3 heterocycles. The van der Waals surface area contributed by atoms with Crippen LogP contribution in [-0.2, 0) is 23.0 Å². The third kappa shape index (κ3) is 8.44. The van der Waals surface area contributed by atoms with Gasteiger partial charge >= 0.3 is 14.6 Å². The molecule has 1 saturated heterocycles. The molecule has 1 amide bonds. The van der Waals surface area contributed by atoms with Gasteiger partial charge in [0, 0.05) is 12.0 Å². The number of nitriles is 1. The summed E-state index contributed by atoms with van der Waals surface area (Å²) in [4.78, 5) is 38.7. The molecular formula is C29H30BN6O7P. The van der Waals surface area contributed by atoms with E-state index in [2.05, 4.69) is 28.1 Å². The minimum atomic E-state index is -1.58. The Morgan fingerprint density at radius 2 is 1.66 bits per heavy atom. The van der Waals surface area contributed by atoms with Crippen molar-refractivity contribution in [1.82, 2.24) is 19.5 Å². The first-order valence-corrected chi connectivity index (χ1v) is 14.8. The molecule has 15 heteroatoms. The number of hydrogen-bond acceptors (Lipinski definition) is 11. The zero-order valence-corrected chi connectivity index (χ0v) is 25.0. The Bertz CT molecular complexity index is 1550. The Labute approximate surface area is 256 Å². The second-order valence-electron chi connectivity index (χ2n) is 9.03. The molecule has 2 aromatic heterocycles. The minimum absolute atomic E-state index is 0.0783. The molecule has 0 saturated carbocycles. The summed E-state index contributed by atoms with van der Waals surface area (Å²) in [6, 6.07) is 17.6. The second kappa shape index (κ2) is 16.6. The molecule has 0 bridgehead atoms. The van der Waals surface area contributed by atoms with Crippen LogP contribution in [-0.4, -0.2) is 71.3 Å². The summed E-state index contributed by atoms with van der Waals surface area (Å²) in [5.74, 6) is 0.736.